The van der Waals surface area contributed by atoms with E-state index in [1.54, 1.807) is 150 Å². The van der Waals surface area contributed by atoms with E-state index in [4.69, 9.17) is 68.6 Å². The first-order valence-corrected chi connectivity index (χ1v) is 35.5. The van der Waals surface area contributed by atoms with Crippen molar-refractivity contribution in [3.63, 3.8) is 0 Å². The van der Waals surface area contributed by atoms with Crippen molar-refractivity contribution in [1.82, 2.24) is 19.8 Å². The Balaban J connectivity index is 0.000000173. The van der Waals surface area contributed by atoms with Gasteiger partial charge in [-0.3, -0.25) is 4.99 Å². The Kier molecular flexibility index (Phi) is 22.3. The molecule has 6 atom stereocenters. The fourth-order valence-electron chi connectivity index (χ4n) is 12.6. The first kappa shape index (κ1) is 73.3. The minimum Gasteiger partial charge on any atom is -0.443 e. The van der Waals surface area contributed by atoms with E-state index in [0.29, 0.717) is 85.2 Å². The molecule has 2 aromatic heterocycles. The third-order valence-electron chi connectivity index (χ3n) is 16.5. The number of pyridine rings is 2. The third-order valence-corrected chi connectivity index (χ3v) is 20.1. The van der Waals surface area contributed by atoms with Gasteiger partial charge in [-0.05, 0) is 218 Å². The van der Waals surface area contributed by atoms with Gasteiger partial charge in [0.05, 0.1) is 26.7 Å². The Morgan fingerprint density at radius 3 is 1.17 bits per heavy atom. The van der Waals surface area contributed by atoms with Crippen LogP contribution >= 0.6 is 58.5 Å². The molecule has 0 saturated heterocycles. The Labute approximate surface area is 582 Å². The van der Waals surface area contributed by atoms with Crippen LogP contribution in [-0.2, 0) is 35.6 Å². The van der Waals surface area contributed by atoms with E-state index in [1.165, 1.54) is 54.0 Å². The standard InChI is InChI=1S/C28H34ClFN4O4S.C23H32FN3O4S.C18H18ClFN4S/c1-26(2,3)37-24(35)34(25(36)38-27(4,5)6)23-33-28(13-7-8-17(28)16-39-23)20-14-19(10-11-21(20)30)32-22-12-9-18(29)15-31-22;1-21(2,3)30-19(28)27(20(29)31-22(4,5)6)18-26-23(11-7-8-14(23)13-32-18)16-12-15(25)9-10-17(16)24;19-12-3-6-16(22-9-12)23-13-4-5-15(20)14(8-13)18-7-1-2-11(18)10-25-17(21)24-18/h9-12,14-15,17H,7-8,13,16H2,1-6H3,(H,31,32);9-10,12,14H,7-8,11,13,25H2,1-6H3;3-6,8-9,11H,1-2,7,10H2,(H2,21,24)(H,22,23)/t17-,28-;14-,23-;11-,18-/m000/s1. The molecule has 6 aliphatic rings. The topological polar surface area (TPSA) is 251 Å². The number of hydrogen-bond acceptors (Lipinski definition) is 20. The first-order chi connectivity index (χ1) is 44.9. The summed E-state index contributed by atoms with van der Waals surface area (Å²) < 4.78 is 67.3. The number of aromatic nitrogens is 2. The van der Waals surface area contributed by atoms with E-state index in [-0.39, 0.29) is 28.0 Å². The number of rotatable bonds is 7. The number of nitrogens with one attached hydrogen (secondary N) is 2. The SMILES string of the molecule is CC(C)(C)OC(=O)N(C(=O)OC(C)(C)C)C1=N[C@@]2(c3cc(N)ccc3F)CCC[C@H]2CS1.CC(C)(C)OC(=O)N(C(=O)OC(C)(C)C)C1=N[C@@]2(c3cc(Nc4ccc(Cl)cn4)ccc3F)CCC[C@H]2CS1.NC1=N[C@@]2(c3cc(Nc4ccc(Cl)cn4)ccc3F)CCC[C@H]2CS1. The number of amides is 4. The number of carbonyl (C=O) groups excluding carboxylic acids is 4. The number of aliphatic imine (C=N–C) groups is 3. The summed E-state index contributed by atoms with van der Waals surface area (Å²) in [6.07, 6.45) is 7.06. The van der Waals surface area contributed by atoms with Gasteiger partial charge in [-0.2, -0.15) is 9.80 Å². The first-order valence-electron chi connectivity index (χ1n) is 31.8. The van der Waals surface area contributed by atoms with Crippen molar-refractivity contribution >= 4 is 127 Å². The van der Waals surface area contributed by atoms with Gasteiger partial charge in [0.15, 0.2) is 15.5 Å². The van der Waals surface area contributed by atoms with E-state index in [9.17, 15) is 28.0 Å². The lowest BCUT2D eigenvalue weighted by atomic mass is 9.81. The average molecular weight is 1420 g/mol. The van der Waals surface area contributed by atoms with Crippen molar-refractivity contribution < 1.29 is 51.3 Å². The van der Waals surface area contributed by atoms with Crippen molar-refractivity contribution in [3.8, 4) is 0 Å². The van der Waals surface area contributed by atoms with E-state index >= 15 is 4.39 Å². The normalized spacial score (nSPS) is 22.9. The Morgan fingerprint density at radius 2 is 0.823 bits per heavy atom. The predicted molar refractivity (Wildman–Crippen MR) is 378 cm³/mol. The number of nitrogens with two attached hydrogens (primary N) is 2. The molecule has 3 saturated carbocycles. The second kappa shape index (κ2) is 29.3. The van der Waals surface area contributed by atoms with Crippen molar-refractivity contribution in [3.05, 3.63) is 135 Å². The Hall–Kier alpha value is -6.93. The quantitative estimate of drug-likeness (QED) is 0.0873. The lowest BCUT2D eigenvalue weighted by molar-refractivity contribution is 0.0127. The van der Waals surface area contributed by atoms with E-state index in [0.717, 1.165) is 66.2 Å². The summed E-state index contributed by atoms with van der Waals surface area (Å²) in [5.74, 6) is 2.60. The number of thioether (sulfide) groups is 3. The molecule has 11 rings (SSSR count). The number of fused-ring (bicyclic) bond motifs is 3. The molecule has 0 bridgehead atoms. The number of imide groups is 2. The molecule has 0 unspecified atom stereocenters. The van der Waals surface area contributed by atoms with Crippen molar-refractivity contribution in [2.75, 3.05) is 33.6 Å². The van der Waals surface area contributed by atoms with Crippen molar-refractivity contribution in [2.24, 2.45) is 38.5 Å². The van der Waals surface area contributed by atoms with Gasteiger partial charge in [0.25, 0.3) is 0 Å². The largest absolute Gasteiger partial charge is 0.443 e. The number of hydrogen-bond donors (Lipinski definition) is 4. The van der Waals surface area contributed by atoms with Crippen LogP contribution in [0.25, 0.3) is 0 Å². The molecule has 3 fully saturated rings. The third kappa shape index (κ3) is 17.7. The van der Waals surface area contributed by atoms with Crippen LogP contribution in [0.15, 0.2) is 106 Å². The smallest absolute Gasteiger partial charge is 0.426 e. The molecule has 3 aliphatic heterocycles. The predicted octanol–water partition coefficient (Wildman–Crippen LogP) is 18.2. The zero-order chi connectivity index (χ0) is 69.9. The highest BCUT2D eigenvalue weighted by Gasteiger charge is 2.53. The molecule has 5 aromatic rings. The van der Waals surface area contributed by atoms with E-state index in [1.807, 2.05) is 6.07 Å². The summed E-state index contributed by atoms with van der Waals surface area (Å²) in [6, 6.07) is 21.2. The van der Waals surface area contributed by atoms with Crippen molar-refractivity contribution in [1.29, 1.82) is 0 Å². The molecule has 6 N–H and O–H groups in total. The van der Waals surface area contributed by atoms with Crippen LogP contribution in [0.4, 0.5) is 61.0 Å². The zero-order valence-electron chi connectivity index (χ0n) is 56.0. The molecule has 27 heteroatoms. The number of ether oxygens (including phenoxy) is 4. The molecule has 19 nitrogen and oxygen atoms in total. The summed E-state index contributed by atoms with van der Waals surface area (Å²) in [6.45, 7) is 20.6. The molecule has 96 heavy (non-hydrogen) atoms. The number of nitrogens with zero attached hydrogens (tertiary/aromatic N) is 7. The van der Waals surface area contributed by atoms with Crippen LogP contribution in [0, 0.1) is 35.2 Å². The summed E-state index contributed by atoms with van der Waals surface area (Å²) in [5, 5.41) is 8.30. The Morgan fingerprint density at radius 1 is 0.490 bits per heavy atom. The maximum absolute atomic E-state index is 15.5. The van der Waals surface area contributed by atoms with E-state index in [2.05, 4.69) is 20.6 Å². The van der Waals surface area contributed by atoms with Gasteiger partial charge in [-0.1, -0.05) is 77.7 Å². The molecular weight excluding hydrogens is 1330 g/mol. The van der Waals surface area contributed by atoms with Gasteiger partial charge >= 0.3 is 24.4 Å². The van der Waals surface area contributed by atoms with Gasteiger partial charge < -0.3 is 41.0 Å². The molecule has 0 radical (unpaired) electrons. The van der Waals surface area contributed by atoms with Crippen LogP contribution in [0.3, 0.4) is 0 Å². The van der Waals surface area contributed by atoms with E-state index < -0.39 is 75.0 Å². The zero-order valence-corrected chi connectivity index (χ0v) is 60.0. The fraction of sp³-hybridized carbons (Fsp3) is 0.493. The minimum absolute atomic E-state index is 0.0174. The second-order valence-electron chi connectivity index (χ2n) is 28.4. The fourth-order valence-corrected chi connectivity index (χ4v) is 16.4. The van der Waals surface area contributed by atoms with Gasteiger partial charge in [0.1, 0.15) is 51.5 Å². The summed E-state index contributed by atoms with van der Waals surface area (Å²) in [5.41, 5.74) is 9.45. The highest BCUT2D eigenvalue weighted by Crippen LogP contribution is 2.55. The molecular formula is C69H84Cl2F3N11O8S3. The number of amidine groups is 3. The second-order valence-corrected chi connectivity index (χ2v) is 32.3. The summed E-state index contributed by atoms with van der Waals surface area (Å²) in [7, 11) is 0. The maximum Gasteiger partial charge on any atom is 0.426 e. The van der Waals surface area contributed by atoms with Gasteiger partial charge in [-0.25, -0.2) is 52.3 Å². The van der Waals surface area contributed by atoms with Crippen LogP contribution in [-0.4, -0.2) is 99.3 Å². The lowest BCUT2D eigenvalue weighted by Crippen LogP contribution is -2.49. The number of carbonyl (C=O) groups is 4. The number of benzene rings is 3. The number of halogens is 5. The van der Waals surface area contributed by atoms with Gasteiger partial charge in [-0.15, -0.1) is 0 Å². The van der Waals surface area contributed by atoms with Crippen LogP contribution in [0.1, 0.15) is 158 Å². The molecule has 3 aliphatic carbocycles. The lowest BCUT2D eigenvalue weighted by Gasteiger charge is -2.39. The van der Waals surface area contributed by atoms with Crippen LogP contribution in [0.5, 0.6) is 0 Å². The average Bonchev–Trinajstić information content (AvgIpc) is 1.50. The van der Waals surface area contributed by atoms with Crippen molar-refractivity contribution in [2.45, 2.75) is 180 Å². The van der Waals surface area contributed by atoms with Gasteiger partial charge in [0.2, 0.25) is 0 Å². The number of anilines is 5. The monoisotopic (exact) mass is 1420 g/mol. The molecule has 3 aromatic carbocycles. The van der Waals surface area contributed by atoms with Crippen LogP contribution < -0.4 is 22.1 Å². The summed E-state index contributed by atoms with van der Waals surface area (Å²) in [4.78, 5) is 77.4. The molecule has 5 heterocycles. The highest BCUT2D eigenvalue weighted by atomic mass is 35.5. The number of nitrogen functional groups attached to an aromatic ring is 1. The summed E-state index contributed by atoms with van der Waals surface area (Å²) >= 11 is 15.9. The van der Waals surface area contributed by atoms with Gasteiger partial charge in [0, 0.05) is 63.4 Å². The van der Waals surface area contributed by atoms with Crippen LogP contribution in [0.2, 0.25) is 10.0 Å². The molecule has 4 amide bonds. The minimum atomic E-state index is -0.960. The molecule has 516 valence electrons. The Bertz CT molecular complexity index is 3750. The molecule has 0 spiro atoms. The maximum atomic E-state index is 15.5. The highest BCUT2D eigenvalue weighted by molar-refractivity contribution is 8.14.